The van der Waals surface area contributed by atoms with Crippen molar-refractivity contribution in [1.82, 2.24) is 4.90 Å². The van der Waals surface area contributed by atoms with Crippen molar-refractivity contribution in [2.75, 3.05) is 19.7 Å². The lowest BCUT2D eigenvalue weighted by Crippen LogP contribution is -2.46. The Labute approximate surface area is 132 Å². The van der Waals surface area contributed by atoms with E-state index in [2.05, 4.69) is 36.1 Å². The number of aliphatic hydroxyl groups excluding tert-OH is 1. The average Bonchev–Trinajstić information content (AvgIpc) is 2.62. The van der Waals surface area contributed by atoms with Gasteiger partial charge in [-0.3, -0.25) is 4.90 Å². The molecule has 2 aromatic rings. The van der Waals surface area contributed by atoms with E-state index in [-0.39, 0.29) is 6.10 Å². The van der Waals surface area contributed by atoms with Crippen LogP contribution in [0.3, 0.4) is 0 Å². The van der Waals surface area contributed by atoms with Crippen LogP contribution in [0.25, 0.3) is 0 Å². The van der Waals surface area contributed by atoms with E-state index in [0.717, 1.165) is 18.7 Å². The summed E-state index contributed by atoms with van der Waals surface area (Å²) in [4.78, 5) is 2.38. The van der Waals surface area contributed by atoms with E-state index in [9.17, 15) is 5.11 Å². The third kappa shape index (κ3) is 3.38. The highest BCUT2D eigenvalue weighted by Gasteiger charge is 2.30. The van der Waals surface area contributed by atoms with Crippen LogP contribution in [0.15, 0.2) is 60.7 Å². The highest BCUT2D eigenvalue weighted by Crippen LogP contribution is 2.27. The third-order valence-electron chi connectivity index (χ3n) is 4.45. The van der Waals surface area contributed by atoms with Crippen molar-refractivity contribution in [3.63, 3.8) is 0 Å². The van der Waals surface area contributed by atoms with Crippen molar-refractivity contribution in [3.05, 3.63) is 71.8 Å². The molecule has 22 heavy (non-hydrogen) atoms. The Morgan fingerprint density at radius 1 is 1.00 bits per heavy atom. The molecule has 1 N–H and O–H groups in total. The van der Waals surface area contributed by atoms with E-state index < -0.39 is 6.10 Å². The first-order valence-corrected chi connectivity index (χ1v) is 7.89. The molecule has 1 aliphatic rings. The molecule has 116 valence electrons. The molecule has 0 aromatic heterocycles. The molecule has 2 aromatic carbocycles. The molecule has 3 rings (SSSR count). The fourth-order valence-electron chi connectivity index (χ4n) is 3.05. The van der Waals surface area contributed by atoms with Crippen molar-refractivity contribution in [1.29, 1.82) is 0 Å². The summed E-state index contributed by atoms with van der Waals surface area (Å²) in [5, 5.41) is 10.6. The van der Waals surface area contributed by atoms with Crippen LogP contribution < -0.4 is 0 Å². The average molecular weight is 297 g/mol. The Morgan fingerprint density at radius 2 is 1.59 bits per heavy atom. The van der Waals surface area contributed by atoms with Gasteiger partial charge in [0.25, 0.3) is 0 Å². The Bertz CT molecular complexity index is 521. The van der Waals surface area contributed by atoms with Crippen LogP contribution in [0.1, 0.15) is 30.2 Å². The van der Waals surface area contributed by atoms with Gasteiger partial charge in [0.15, 0.2) is 0 Å². The molecule has 1 fully saturated rings. The fraction of sp³-hybridized carbons (Fsp3) is 0.368. The summed E-state index contributed by atoms with van der Waals surface area (Å²) in [5.74, 6) is 0. The van der Waals surface area contributed by atoms with Crippen LogP contribution in [0, 0.1) is 0 Å². The molecule has 3 heteroatoms. The first kappa shape index (κ1) is 15.2. The predicted molar refractivity (Wildman–Crippen MR) is 87.6 cm³/mol. The number of ether oxygens (including phenoxy) is 1. The number of hydrogen-bond donors (Lipinski definition) is 1. The van der Waals surface area contributed by atoms with Gasteiger partial charge in [-0.25, -0.2) is 0 Å². The van der Waals surface area contributed by atoms with Gasteiger partial charge in [-0.1, -0.05) is 60.7 Å². The minimum absolute atomic E-state index is 0.178. The summed E-state index contributed by atoms with van der Waals surface area (Å²) in [7, 11) is 0. The maximum Gasteiger partial charge on any atom is 0.106 e. The number of nitrogens with zero attached hydrogens (tertiary/aromatic N) is 1. The lowest BCUT2D eigenvalue weighted by atomic mass is 10.0. The van der Waals surface area contributed by atoms with Crippen molar-refractivity contribution in [2.24, 2.45) is 0 Å². The van der Waals surface area contributed by atoms with Crippen LogP contribution in [0.5, 0.6) is 0 Å². The van der Waals surface area contributed by atoms with Gasteiger partial charge in [0.1, 0.15) is 12.2 Å². The SMILES string of the molecule is C[C@H](c1ccccc1)N1CCO[C@@H]([C@@H](O)c2ccccc2)C1. The molecule has 1 heterocycles. The summed E-state index contributed by atoms with van der Waals surface area (Å²) >= 11 is 0. The smallest absolute Gasteiger partial charge is 0.106 e. The molecule has 0 unspecified atom stereocenters. The standard InChI is InChI=1S/C19H23NO2/c1-15(16-8-4-2-5-9-16)20-12-13-22-18(14-20)19(21)17-10-6-3-7-11-17/h2-11,15,18-19,21H,12-14H2,1H3/t15-,18-,19+/m1/s1. The number of aliphatic hydroxyl groups is 1. The predicted octanol–water partition coefficient (Wildman–Crippen LogP) is 3.18. The second-order valence-corrected chi connectivity index (χ2v) is 5.85. The minimum atomic E-state index is -0.577. The van der Waals surface area contributed by atoms with E-state index in [4.69, 9.17) is 4.74 Å². The highest BCUT2D eigenvalue weighted by molar-refractivity contribution is 5.20. The second kappa shape index (κ2) is 7.05. The molecule has 1 saturated heterocycles. The van der Waals surface area contributed by atoms with Gasteiger partial charge in [-0.2, -0.15) is 0 Å². The van der Waals surface area contributed by atoms with Crippen molar-refractivity contribution >= 4 is 0 Å². The van der Waals surface area contributed by atoms with Gasteiger partial charge >= 0.3 is 0 Å². The second-order valence-electron chi connectivity index (χ2n) is 5.85. The Morgan fingerprint density at radius 3 is 2.23 bits per heavy atom. The molecule has 1 aliphatic heterocycles. The summed E-state index contributed by atoms with van der Waals surface area (Å²) in [5.41, 5.74) is 2.22. The van der Waals surface area contributed by atoms with Crippen LogP contribution in [0.4, 0.5) is 0 Å². The van der Waals surface area contributed by atoms with Crippen molar-refractivity contribution in [2.45, 2.75) is 25.2 Å². The molecular weight excluding hydrogens is 274 g/mol. The van der Waals surface area contributed by atoms with Gasteiger partial charge in [0.2, 0.25) is 0 Å². The van der Waals surface area contributed by atoms with E-state index in [0.29, 0.717) is 12.6 Å². The molecule has 0 aliphatic carbocycles. The fourth-order valence-corrected chi connectivity index (χ4v) is 3.05. The van der Waals surface area contributed by atoms with E-state index in [1.54, 1.807) is 0 Å². The zero-order valence-corrected chi connectivity index (χ0v) is 12.9. The lowest BCUT2D eigenvalue weighted by molar-refractivity contribution is -0.0980. The quantitative estimate of drug-likeness (QED) is 0.941. The summed E-state index contributed by atoms with van der Waals surface area (Å²) in [6.07, 6.45) is -0.755. The van der Waals surface area contributed by atoms with E-state index >= 15 is 0 Å². The first-order valence-electron chi connectivity index (χ1n) is 7.89. The van der Waals surface area contributed by atoms with Crippen LogP contribution >= 0.6 is 0 Å². The molecule has 3 nitrogen and oxygen atoms in total. The Balaban J connectivity index is 1.69. The van der Waals surface area contributed by atoms with E-state index in [1.165, 1.54) is 5.56 Å². The van der Waals surface area contributed by atoms with E-state index in [1.807, 2.05) is 36.4 Å². The van der Waals surface area contributed by atoms with Crippen LogP contribution in [-0.2, 0) is 4.74 Å². The largest absolute Gasteiger partial charge is 0.386 e. The molecule has 0 spiro atoms. The van der Waals surface area contributed by atoms with Gasteiger partial charge in [-0.15, -0.1) is 0 Å². The number of rotatable bonds is 4. The maximum absolute atomic E-state index is 10.6. The molecule has 3 atom stereocenters. The number of morpholine rings is 1. The summed E-state index contributed by atoms with van der Waals surface area (Å²) in [6, 6.07) is 20.6. The van der Waals surface area contributed by atoms with Crippen molar-refractivity contribution < 1.29 is 9.84 Å². The van der Waals surface area contributed by atoms with Crippen LogP contribution in [-0.4, -0.2) is 35.8 Å². The molecular formula is C19H23NO2. The molecule has 0 bridgehead atoms. The first-order chi connectivity index (χ1) is 10.8. The number of hydrogen-bond acceptors (Lipinski definition) is 3. The summed E-state index contributed by atoms with van der Waals surface area (Å²) < 4.78 is 5.82. The normalized spacial score (nSPS) is 22.2. The van der Waals surface area contributed by atoms with Gasteiger partial charge in [-0.05, 0) is 18.1 Å². The Kier molecular flexibility index (Phi) is 4.88. The molecule has 0 saturated carbocycles. The summed E-state index contributed by atoms with van der Waals surface area (Å²) in [6.45, 7) is 4.51. The monoisotopic (exact) mass is 297 g/mol. The van der Waals surface area contributed by atoms with Crippen molar-refractivity contribution in [3.8, 4) is 0 Å². The van der Waals surface area contributed by atoms with Gasteiger partial charge < -0.3 is 9.84 Å². The van der Waals surface area contributed by atoms with Crippen LogP contribution in [0.2, 0.25) is 0 Å². The third-order valence-corrected chi connectivity index (χ3v) is 4.45. The number of benzene rings is 2. The zero-order chi connectivity index (χ0) is 15.4. The highest BCUT2D eigenvalue weighted by atomic mass is 16.5. The molecule has 0 radical (unpaired) electrons. The van der Waals surface area contributed by atoms with Gasteiger partial charge in [0.05, 0.1) is 6.61 Å². The lowest BCUT2D eigenvalue weighted by Gasteiger charge is -2.38. The molecule has 0 amide bonds. The zero-order valence-electron chi connectivity index (χ0n) is 12.9. The van der Waals surface area contributed by atoms with Gasteiger partial charge in [0, 0.05) is 19.1 Å². The maximum atomic E-state index is 10.6. The topological polar surface area (TPSA) is 32.7 Å². The Hall–Kier alpha value is -1.68. The minimum Gasteiger partial charge on any atom is -0.386 e.